The maximum Gasteiger partial charge on any atom is 0.262 e. The molecule has 0 unspecified atom stereocenters. The number of amides is 2. The Morgan fingerprint density at radius 2 is 2.07 bits per heavy atom. The van der Waals surface area contributed by atoms with Gasteiger partial charge in [0.2, 0.25) is 0 Å². The molecule has 0 saturated heterocycles. The van der Waals surface area contributed by atoms with E-state index in [2.05, 4.69) is 34.8 Å². The van der Waals surface area contributed by atoms with E-state index >= 15 is 0 Å². The molecule has 7 nitrogen and oxygen atoms in total. The van der Waals surface area contributed by atoms with Crippen LogP contribution in [-0.4, -0.2) is 31.1 Å². The molecular formula is C21H26IN3O4. The molecule has 1 saturated carbocycles. The molecule has 0 heterocycles. The second kappa shape index (κ2) is 11.0. The van der Waals surface area contributed by atoms with Gasteiger partial charge in [-0.25, -0.2) is 0 Å². The van der Waals surface area contributed by atoms with Crippen LogP contribution in [0.3, 0.4) is 0 Å². The molecule has 156 valence electrons. The summed E-state index contributed by atoms with van der Waals surface area (Å²) in [7, 11) is 0. The lowest BCUT2D eigenvalue weighted by atomic mass is 9.86. The molecule has 0 aliphatic heterocycles. The third-order valence-electron chi connectivity index (χ3n) is 4.79. The number of halogens is 1. The Morgan fingerprint density at radius 1 is 1.34 bits per heavy atom. The fraction of sp³-hybridized carbons (Fsp3) is 0.476. The number of nitrogens with zero attached hydrogens (tertiary/aromatic N) is 1. The highest BCUT2D eigenvalue weighted by atomic mass is 127. The molecule has 1 aliphatic rings. The first-order valence-corrected chi connectivity index (χ1v) is 10.7. The third kappa shape index (κ3) is 6.63. The highest BCUT2D eigenvalue weighted by Crippen LogP contribution is 2.35. The standard InChI is InChI=1S/C21H26IN3O4/c1-3-28-18-10-14(9-16(22)20(18)29-12-19(24)26)8-15(11-23)21(27)25-17-7-5-4-6-13(17)2/h8-10,13,17H,3-7,12H2,1-2H3,(H2,24,26)(H,25,27)/b15-8+/t13-,17+/m0/s1. The summed E-state index contributed by atoms with van der Waals surface area (Å²) in [4.78, 5) is 23.7. The monoisotopic (exact) mass is 511 g/mol. The van der Waals surface area contributed by atoms with Crippen LogP contribution in [-0.2, 0) is 9.59 Å². The van der Waals surface area contributed by atoms with Crippen molar-refractivity contribution in [3.8, 4) is 17.6 Å². The Hall–Kier alpha value is -2.28. The van der Waals surface area contributed by atoms with Crippen LogP contribution in [0.4, 0.5) is 0 Å². The normalized spacial score (nSPS) is 19.2. The highest BCUT2D eigenvalue weighted by Gasteiger charge is 2.24. The first-order valence-electron chi connectivity index (χ1n) is 9.65. The first kappa shape index (κ1) is 23.0. The van der Waals surface area contributed by atoms with Crippen molar-refractivity contribution in [1.82, 2.24) is 5.32 Å². The van der Waals surface area contributed by atoms with E-state index in [1.807, 2.05) is 13.0 Å². The highest BCUT2D eigenvalue weighted by molar-refractivity contribution is 14.1. The number of hydrogen-bond donors (Lipinski definition) is 2. The maximum atomic E-state index is 12.6. The molecule has 1 aliphatic carbocycles. The second-order valence-electron chi connectivity index (χ2n) is 7.03. The number of nitrogens with two attached hydrogens (primary N) is 1. The summed E-state index contributed by atoms with van der Waals surface area (Å²) in [5, 5.41) is 12.5. The minimum atomic E-state index is -0.590. The average molecular weight is 511 g/mol. The van der Waals surface area contributed by atoms with Crippen molar-refractivity contribution in [1.29, 1.82) is 5.26 Å². The predicted octanol–water partition coefficient (Wildman–Crippen LogP) is 3.16. The Labute approximate surface area is 184 Å². The average Bonchev–Trinajstić information content (AvgIpc) is 2.67. The minimum absolute atomic E-state index is 0.0341. The third-order valence-corrected chi connectivity index (χ3v) is 5.60. The molecule has 0 spiro atoms. The molecule has 3 N–H and O–H groups in total. The number of carbonyl (C=O) groups is 2. The molecule has 0 aromatic heterocycles. The van der Waals surface area contributed by atoms with Gasteiger partial charge in [0.1, 0.15) is 11.6 Å². The van der Waals surface area contributed by atoms with Crippen LogP contribution in [0.15, 0.2) is 17.7 Å². The molecular weight excluding hydrogens is 485 g/mol. The number of nitrogens with one attached hydrogen (secondary N) is 1. The van der Waals surface area contributed by atoms with Crippen molar-refractivity contribution in [2.24, 2.45) is 11.7 Å². The minimum Gasteiger partial charge on any atom is -0.490 e. The van der Waals surface area contributed by atoms with Gasteiger partial charge in [-0.2, -0.15) is 5.26 Å². The van der Waals surface area contributed by atoms with Crippen molar-refractivity contribution in [3.63, 3.8) is 0 Å². The lowest BCUT2D eigenvalue weighted by Gasteiger charge is -2.29. The van der Waals surface area contributed by atoms with Crippen LogP contribution in [0.2, 0.25) is 0 Å². The van der Waals surface area contributed by atoms with Crippen molar-refractivity contribution >= 4 is 40.5 Å². The summed E-state index contributed by atoms with van der Waals surface area (Å²) in [5.74, 6) is 0.272. The van der Waals surface area contributed by atoms with Gasteiger partial charge < -0.3 is 20.5 Å². The summed E-state index contributed by atoms with van der Waals surface area (Å²) in [6.45, 7) is 4.08. The van der Waals surface area contributed by atoms with E-state index in [9.17, 15) is 14.9 Å². The summed E-state index contributed by atoms with van der Waals surface area (Å²) in [6, 6.07) is 5.52. The van der Waals surface area contributed by atoms with Crippen LogP contribution in [0.1, 0.15) is 45.1 Å². The predicted molar refractivity (Wildman–Crippen MR) is 118 cm³/mol. The van der Waals surface area contributed by atoms with Gasteiger partial charge in [0.05, 0.1) is 10.2 Å². The van der Waals surface area contributed by atoms with E-state index in [-0.39, 0.29) is 24.1 Å². The summed E-state index contributed by atoms with van der Waals surface area (Å²) >= 11 is 2.05. The Balaban J connectivity index is 2.26. The van der Waals surface area contributed by atoms with Crippen LogP contribution >= 0.6 is 22.6 Å². The zero-order valence-electron chi connectivity index (χ0n) is 16.7. The molecule has 2 rings (SSSR count). The first-order chi connectivity index (χ1) is 13.8. The SMILES string of the molecule is CCOc1cc(/C=C(\C#N)C(=O)N[C@@H]2CCCC[C@@H]2C)cc(I)c1OCC(N)=O. The zero-order valence-corrected chi connectivity index (χ0v) is 18.8. The van der Waals surface area contributed by atoms with Crippen LogP contribution < -0.4 is 20.5 Å². The zero-order chi connectivity index (χ0) is 21.4. The van der Waals surface area contributed by atoms with Gasteiger partial charge in [-0.15, -0.1) is 0 Å². The van der Waals surface area contributed by atoms with E-state index < -0.39 is 5.91 Å². The smallest absolute Gasteiger partial charge is 0.262 e. The van der Waals surface area contributed by atoms with Gasteiger partial charge >= 0.3 is 0 Å². The molecule has 1 aromatic carbocycles. The Kier molecular flexibility index (Phi) is 8.76. The molecule has 29 heavy (non-hydrogen) atoms. The number of hydrogen-bond acceptors (Lipinski definition) is 5. The molecule has 1 fully saturated rings. The summed E-state index contributed by atoms with van der Waals surface area (Å²) in [6.07, 6.45) is 5.81. The largest absolute Gasteiger partial charge is 0.490 e. The maximum absolute atomic E-state index is 12.6. The molecule has 8 heteroatoms. The van der Waals surface area contributed by atoms with Crippen molar-refractivity contribution in [2.75, 3.05) is 13.2 Å². The summed E-state index contributed by atoms with van der Waals surface area (Å²) < 4.78 is 11.7. The lowest BCUT2D eigenvalue weighted by molar-refractivity contribution is -0.120. The van der Waals surface area contributed by atoms with Gasteiger partial charge in [-0.3, -0.25) is 9.59 Å². The van der Waals surface area contributed by atoms with Crippen LogP contribution in [0.5, 0.6) is 11.5 Å². The quantitative estimate of drug-likeness (QED) is 0.316. The van der Waals surface area contributed by atoms with E-state index in [0.717, 1.165) is 19.3 Å². The number of carbonyl (C=O) groups excluding carboxylic acids is 2. The molecule has 0 radical (unpaired) electrons. The second-order valence-corrected chi connectivity index (χ2v) is 8.19. The molecule has 2 atom stereocenters. The van der Waals surface area contributed by atoms with Crippen LogP contribution in [0.25, 0.3) is 6.08 Å². The number of rotatable bonds is 8. The number of benzene rings is 1. The van der Waals surface area contributed by atoms with E-state index in [4.69, 9.17) is 15.2 Å². The Morgan fingerprint density at radius 3 is 2.69 bits per heavy atom. The molecule has 1 aromatic rings. The van der Waals surface area contributed by atoms with Crippen molar-refractivity contribution < 1.29 is 19.1 Å². The Bertz CT molecular complexity index is 832. The van der Waals surface area contributed by atoms with Crippen LogP contribution in [0, 0.1) is 20.8 Å². The van der Waals surface area contributed by atoms with Gasteiger partial charge in [0, 0.05) is 6.04 Å². The number of ether oxygens (including phenoxy) is 2. The van der Waals surface area contributed by atoms with Crippen molar-refractivity contribution in [3.05, 3.63) is 26.8 Å². The van der Waals surface area contributed by atoms with Gasteiger partial charge in [-0.1, -0.05) is 19.8 Å². The molecule has 0 bridgehead atoms. The van der Waals surface area contributed by atoms with E-state index in [1.54, 1.807) is 12.1 Å². The topological polar surface area (TPSA) is 114 Å². The number of nitriles is 1. The fourth-order valence-electron chi connectivity index (χ4n) is 3.31. The molecule has 2 amide bonds. The van der Waals surface area contributed by atoms with E-state index in [0.29, 0.717) is 33.2 Å². The van der Waals surface area contributed by atoms with E-state index in [1.165, 1.54) is 12.5 Å². The summed E-state index contributed by atoms with van der Waals surface area (Å²) in [5.41, 5.74) is 5.82. The van der Waals surface area contributed by atoms with Crippen molar-refractivity contribution in [2.45, 2.75) is 45.6 Å². The number of primary amides is 1. The van der Waals surface area contributed by atoms with Gasteiger partial charge in [0.25, 0.3) is 11.8 Å². The lowest BCUT2D eigenvalue weighted by Crippen LogP contribution is -2.41. The fourth-order valence-corrected chi connectivity index (χ4v) is 4.09. The van der Waals surface area contributed by atoms with Gasteiger partial charge in [0.15, 0.2) is 18.1 Å². The van der Waals surface area contributed by atoms with Gasteiger partial charge in [-0.05, 0) is 72.0 Å².